The third-order valence-electron chi connectivity index (χ3n) is 7.39. The van der Waals surface area contributed by atoms with Crippen LogP contribution in [0.5, 0.6) is 5.75 Å². The lowest BCUT2D eigenvalue weighted by atomic mass is 9.95. The number of furan rings is 1. The number of anilines is 1. The van der Waals surface area contributed by atoms with Crippen LogP contribution in [-0.2, 0) is 9.53 Å². The van der Waals surface area contributed by atoms with E-state index in [-0.39, 0.29) is 17.4 Å². The molecule has 10 heteroatoms. The Labute approximate surface area is 268 Å². The summed E-state index contributed by atoms with van der Waals surface area (Å²) in [4.78, 5) is 45.0. The summed E-state index contributed by atoms with van der Waals surface area (Å²) in [5.41, 5.74) is 3.21. The number of hydrogen-bond acceptors (Lipinski definition) is 8. The molecule has 0 radical (unpaired) electrons. The van der Waals surface area contributed by atoms with Crippen molar-refractivity contribution in [2.75, 3.05) is 18.5 Å². The van der Waals surface area contributed by atoms with Gasteiger partial charge < -0.3 is 19.2 Å². The summed E-state index contributed by atoms with van der Waals surface area (Å²) in [5.74, 6) is 1.02. The molecule has 2 aromatic heterocycles. The lowest BCUT2D eigenvalue weighted by Crippen LogP contribution is -2.40. The van der Waals surface area contributed by atoms with Gasteiger partial charge in [-0.2, -0.15) is 0 Å². The van der Waals surface area contributed by atoms with E-state index in [1.165, 1.54) is 11.3 Å². The molecule has 0 saturated heterocycles. The Hall–Kier alpha value is -5.48. The highest BCUT2D eigenvalue weighted by molar-refractivity contribution is 7.07. The summed E-state index contributed by atoms with van der Waals surface area (Å²) in [6.45, 7) is 6.28. The molecule has 6 rings (SSSR count). The van der Waals surface area contributed by atoms with Crippen LogP contribution in [0.1, 0.15) is 48.5 Å². The monoisotopic (exact) mass is 633 g/mol. The summed E-state index contributed by atoms with van der Waals surface area (Å²) in [6, 6.07) is 26.4. The van der Waals surface area contributed by atoms with E-state index in [1.807, 2.05) is 49.4 Å². The Bertz CT molecular complexity index is 2110. The number of rotatable bonds is 9. The molecule has 9 nitrogen and oxygen atoms in total. The quantitative estimate of drug-likeness (QED) is 0.208. The predicted molar refractivity (Wildman–Crippen MR) is 177 cm³/mol. The number of allylic oxidation sites excluding steroid dienone is 1. The van der Waals surface area contributed by atoms with Crippen molar-refractivity contribution in [2.24, 2.45) is 4.99 Å². The van der Waals surface area contributed by atoms with Crippen molar-refractivity contribution in [2.45, 2.75) is 26.8 Å². The van der Waals surface area contributed by atoms with Crippen LogP contribution in [0.4, 0.5) is 5.69 Å². The van der Waals surface area contributed by atoms with Gasteiger partial charge in [0, 0.05) is 17.3 Å². The van der Waals surface area contributed by atoms with E-state index in [0.29, 0.717) is 62.3 Å². The fourth-order valence-corrected chi connectivity index (χ4v) is 6.29. The van der Waals surface area contributed by atoms with Crippen LogP contribution in [0.15, 0.2) is 116 Å². The summed E-state index contributed by atoms with van der Waals surface area (Å²) in [5, 5.41) is 2.96. The molecule has 3 aromatic carbocycles. The molecule has 5 aromatic rings. The lowest BCUT2D eigenvalue weighted by Gasteiger charge is -2.25. The van der Waals surface area contributed by atoms with Crippen LogP contribution < -0.4 is 24.9 Å². The van der Waals surface area contributed by atoms with E-state index < -0.39 is 6.04 Å². The molecule has 0 spiro atoms. The number of nitrogens with one attached hydrogen (secondary N) is 1. The molecule has 0 saturated carbocycles. The highest BCUT2D eigenvalue weighted by atomic mass is 32.1. The second-order valence-corrected chi connectivity index (χ2v) is 11.4. The molecule has 1 aliphatic rings. The van der Waals surface area contributed by atoms with Gasteiger partial charge >= 0.3 is 5.97 Å². The number of amides is 1. The molecule has 0 aliphatic carbocycles. The summed E-state index contributed by atoms with van der Waals surface area (Å²) < 4.78 is 18.7. The average molecular weight is 634 g/mol. The third kappa shape index (κ3) is 6.20. The maximum atomic E-state index is 14.1. The smallest absolute Gasteiger partial charge is 0.338 e. The first-order valence-corrected chi connectivity index (χ1v) is 15.7. The molecular weight excluding hydrogens is 602 g/mol. The first-order chi connectivity index (χ1) is 22.4. The van der Waals surface area contributed by atoms with Crippen molar-refractivity contribution in [1.82, 2.24) is 4.57 Å². The second kappa shape index (κ2) is 13.3. The SMILES string of the molecule is CCOC(=O)c1ccc(-c2ccc(/C=c3\sc4n(c3=O)[C@H](c3ccc(OCC)cc3)C(C(=O)Nc3ccccc3)=C(C)N=4)o2)cc1. The number of fused-ring (bicyclic) bond motifs is 1. The molecule has 1 atom stereocenters. The van der Waals surface area contributed by atoms with Gasteiger partial charge in [-0.1, -0.05) is 53.8 Å². The highest BCUT2D eigenvalue weighted by Crippen LogP contribution is 2.32. The molecule has 3 heterocycles. The van der Waals surface area contributed by atoms with Crippen LogP contribution in [0.2, 0.25) is 0 Å². The molecule has 46 heavy (non-hydrogen) atoms. The molecular formula is C36H31N3O6S. The van der Waals surface area contributed by atoms with Gasteiger partial charge in [-0.3, -0.25) is 14.2 Å². The number of aromatic nitrogens is 1. The predicted octanol–water partition coefficient (Wildman–Crippen LogP) is 5.71. The molecule has 0 unspecified atom stereocenters. The van der Waals surface area contributed by atoms with Gasteiger partial charge in [-0.25, -0.2) is 9.79 Å². The Morgan fingerprint density at radius 3 is 2.39 bits per heavy atom. The Morgan fingerprint density at radius 1 is 0.957 bits per heavy atom. The molecule has 232 valence electrons. The highest BCUT2D eigenvalue weighted by Gasteiger charge is 2.32. The van der Waals surface area contributed by atoms with Crippen molar-refractivity contribution >= 4 is 35.0 Å². The fourth-order valence-electron chi connectivity index (χ4n) is 5.26. The zero-order chi connectivity index (χ0) is 32.2. The largest absolute Gasteiger partial charge is 0.494 e. The number of thiazole rings is 1. The van der Waals surface area contributed by atoms with E-state index in [9.17, 15) is 14.4 Å². The van der Waals surface area contributed by atoms with Crippen molar-refractivity contribution in [1.29, 1.82) is 0 Å². The Balaban J connectivity index is 1.38. The number of hydrogen-bond donors (Lipinski definition) is 1. The number of esters is 1. The van der Waals surface area contributed by atoms with Crippen molar-refractivity contribution in [3.63, 3.8) is 0 Å². The molecule has 0 fully saturated rings. The van der Waals surface area contributed by atoms with Gasteiger partial charge in [0.15, 0.2) is 4.80 Å². The summed E-state index contributed by atoms with van der Waals surface area (Å²) in [6.07, 6.45) is 1.68. The summed E-state index contributed by atoms with van der Waals surface area (Å²) >= 11 is 1.23. The zero-order valence-corrected chi connectivity index (χ0v) is 26.3. The van der Waals surface area contributed by atoms with Gasteiger partial charge in [-0.15, -0.1) is 0 Å². The first-order valence-electron chi connectivity index (χ1n) is 14.9. The maximum absolute atomic E-state index is 14.1. The number of benzene rings is 3. The number of carbonyl (C=O) groups excluding carboxylic acids is 2. The maximum Gasteiger partial charge on any atom is 0.338 e. The van der Waals surface area contributed by atoms with Gasteiger partial charge in [0.25, 0.3) is 11.5 Å². The number of carbonyl (C=O) groups is 2. The van der Waals surface area contributed by atoms with Crippen molar-refractivity contribution in [3.8, 4) is 17.1 Å². The van der Waals surface area contributed by atoms with E-state index in [0.717, 1.165) is 11.1 Å². The normalized spacial score (nSPS) is 14.4. The number of nitrogens with zero attached hydrogens (tertiary/aromatic N) is 2. The molecule has 1 aliphatic heterocycles. The molecule has 0 bridgehead atoms. The van der Waals surface area contributed by atoms with Crippen LogP contribution in [-0.4, -0.2) is 29.7 Å². The topological polar surface area (TPSA) is 112 Å². The van der Waals surface area contributed by atoms with Crippen LogP contribution in [0, 0.1) is 0 Å². The molecule has 1 N–H and O–H groups in total. The van der Waals surface area contributed by atoms with Gasteiger partial charge in [-0.05, 0) is 74.9 Å². The minimum atomic E-state index is -0.720. The minimum absolute atomic E-state index is 0.295. The molecule has 1 amide bonds. The number of para-hydroxylation sites is 1. The zero-order valence-electron chi connectivity index (χ0n) is 25.5. The van der Waals surface area contributed by atoms with E-state index in [4.69, 9.17) is 18.9 Å². The fraction of sp³-hybridized carbons (Fsp3) is 0.167. The van der Waals surface area contributed by atoms with Gasteiger partial charge in [0.2, 0.25) is 0 Å². The van der Waals surface area contributed by atoms with Crippen LogP contribution in [0.25, 0.3) is 17.4 Å². The Kier molecular flexibility index (Phi) is 8.80. The van der Waals surface area contributed by atoms with Crippen molar-refractivity contribution in [3.05, 3.63) is 139 Å². The third-order valence-corrected chi connectivity index (χ3v) is 8.37. The first kappa shape index (κ1) is 30.5. The second-order valence-electron chi connectivity index (χ2n) is 10.4. The van der Waals surface area contributed by atoms with E-state index >= 15 is 0 Å². The van der Waals surface area contributed by atoms with E-state index in [2.05, 4.69) is 5.32 Å². The van der Waals surface area contributed by atoms with Gasteiger partial charge in [0.05, 0.1) is 40.6 Å². The van der Waals surface area contributed by atoms with Crippen LogP contribution in [0.3, 0.4) is 0 Å². The van der Waals surface area contributed by atoms with Gasteiger partial charge in [0.1, 0.15) is 17.3 Å². The standard InChI is InChI=1S/C36H31N3O6S/c1-4-43-27-17-15-24(16-18-27)32-31(33(40)38-26-9-7-6-8-10-26)22(3)37-36-39(32)34(41)30(46-36)21-28-19-20-29(45-28)23-11-13-25(14-12-23)35(42)44-5-2/h6-21,32H,4-5H2,1-3H3,(H,38,40)/b30-21-/t32-/m1/s1. The van der Waals surface area contributed by atoms with Crippen LogP contribution >= 0.6 is 11.3 Å². The van der Waals surface area contributed by atoms with E-state index in [1.54, 1.807) is 73.0 Å². The van der Waals surface area contributed by atoms with Crippen molar-refractivity contribution < 1.29 is 23.5 Å². The number of ether oxygens (including phenoxy) is 2. The minimum Gasteiger partial charge on any atom is -0.494 e. The Morgan fingerprint density at radius 2 is 1.70 bits per heavy atom. The lowest BCUT2D eigenvalue weighted by molar-refractivity contribution is -0.113. The average Bonchev–Trinajstić information content (AvgIpc) is 3.65. The summed E-state index contributed by atoms with van der Waals surface area (Å²) in [7, 11) is 0.